The smallest absolute Gasteiger partial charge is 0.345 e. The second kappa shape index (κ2) is 7.59. The maximum absolute atomic E-state index is 12.9. The number of hydrogen-bond acceptors (Lipinski definition) is 3. The van der Waals surface area contributed by atoms with Gasteiger partial charge in [0.1, 0.15) is 5.69 Å². The van der Waals surface area contributed by atoms with E-state index in [9.17, 15) is 18.0 Å². The normalized spacial score (nSPS) is 15.1. The highest BCUT2D eigenvalue weighted by molar-refractivity contribution is 5.95. The van der Waals surface area contributed by atoms with Gasteiger partial charge in [-0.2, -0.15) is 18.3 Å². The van der Waals surface area contributed by atoms with E-state index < -0.39 is 17.9 Å². The van der Waals surface area contributed by atoms with Gasteiger partial charge in [-0.3, -0.25) is 9.78 Å². The molecule has 0 bridgehead atoms. The molecule has 30 heavy (non-hydrogen) atoms. The van der Waals surface area contributed by atoms with E-state index in [0.29, 0.717) is 11.1 Å². The number of alkyl halides is 3. The van der Waals surface area contributed by atoms with Gasteiger partial charge in [0, 0.05) is 18.3 Å². The van der Waals surface area contributed by atoms with Crippen LogP contribution in [0.3, 0.4) is 0 Å². The molecule has 0 aliphatic heterocycles. The van der Waals surface area contributed by atoms with Crippen molar-refractivity contribution in [3.63, 3.8) is 0 Å². The van der Waals surface area contributed by atoms with Crippen molar-refractivity contribution in [2.75, 3.05) is 0 Å². The Bertz CT molecular complexity index is 1050. The Hall–Kier alpha value is -3.16. The van der Waals surface area contributed by atoms with Gasteiger partial charge in [0.15, 0.2) is 0 Å². The summed E-state index contributed by atoms with van der Waals surface area (Å²) >= 11 is 0. The average molecular weight is 414 g/mol. The third-order valence-electron chi connectivity index (χ3n) is 5.17. The number of aryl methyl sites for hydroxylation is 1. The van der Waals surface area contributed by atoms with E-state index in [-0.39, 0.29) is 11.8 Å². The van der Waals surface area contributed by atoms with E-state index in [1.54, 1.807) is 17.8 Å². The van der Waals surface area contributed by atoms with Crippen molar-refractivity contribution in [2.45, 2.75) is 44.8 Å². The molecule has 156 valence electrons. The van der Waals surface area contributed by atoms with Crippen LogP contribution < -0.4 is 5.32 Å². The van der Waals surface area contributed by atoms with Gasteiger partial charge < -0.3 is 5.32 Å². The number of nitrogens with zero attached hydrogens (tertiary/aromatic N) is 3. The van der Waals surface area contributed by atoms with Gasteiger partial charge in [0.2, 0.25) is 0 Å². The van der Waals surface area contributed by atoms with Crippen LogP contribution in [0.2, 0.25) is 0 Å². The predicted molar refractivity (Wildman–Crippen MR) is 105 cm³/mol. The second-order valence-corrected chi connectivity index (χ2v) is 7.65. The Kier molecular flexibility index (Phi) is 5.09. The van der Waals surface area contributed by atoms with Gasteiger partial charge in [-0.25, -0.2) is 4.68 Å². The van der Waals surface area contributed by atoms with Gasteiger partial charge in [-0.15, -0.1) is 0 Å². The topological polar surface area (TPSA) is 59.8 Å². The van der Waals surface area contributed by atoms with Gasteiger partial charge in [0.25, 0.3) is 5.91 Å². The molecule has 8 heteroatoms. The first kappa shape index (κ1) is 20.1. The predicted octanol–water partition coefficient (Wildman–Crippen LogP) is 4.96. The molecular weight excluding hydrogens is 393 g/mol. The summed E-state index contributed by atoms with van der Waals surface area (Å²) in [6, 6.07) is 9.60. The molecule has 5 nitrogen and oxygen atoms in total. The Labute approximate surface area is 171 Å². The van der Waals surface area contributed by atoms with Crippen LogP contribution in [0.15, 0.2) is 48.8 Å². The van der Waals surface area contributed by atoms with Gasteiger partial charge in [0.05, 0.1) is 23.0 Å². The fraction of sp³-hybridized carbons (Fsp3) is 0.318. The molecule has 2 heterocycles. The zero-order chi connectivity index (χ0) is 21.5. The number of amides is 1. The van der Waals surface area contributed by atoms with Crippen molar-refractivity contribution < 1.29 is 18.0 Å². The monoisotopic (exact) mass is 414 g/mol. The van der Waals surface area contributed by atoms with Crippen LogP contribution in [0, 0.1) is 6.92 Å². The van der Waals surface area contributed by atoms with Crippen LogP contribution >= 0.6 is 0 Å². The zero-order valence-corrected chi connectivity index (χ0v) is 16.6. The quantitative estimate of drug-likeness (QED) is 0.642. The second-order valence-electron chi connectivity index (χ2n) is 7.65. The summed E-state index contributed by atoms with van der Waals surface area (Å²) in [5, 5.41) is 7.48. The molecule has 0 spiro atoms. The van der Waals surface area contributed by atoms with E-state index in [2.05, 4.69) is 15.4 Å². The van der Waals surface area contributed by atoms with E-state index in [4.69, 9.17) is 0 Å². The molecule has 2 aromatic heterocycles. The number of carbonyl (C=O) groups is 1. The first-order valence-corrected chi connectivity index (χ1v) is 9.73. The highest BCUT2D eigenvalue weighted by Gasteiger charge is 2.33. The van der Waals surface area contributed by atoms with Crippen molar-refractivity contribution in [3.05, 3.63) is 76.9 Å². The number of rotatable bonds is 5. The highest BCUT2D eigenvalue weighted by Crippen LogP contribution is 2.41. The van der Waals surface area contributed by atoms with Crippen LogP contribution in [-0.2, 0) is 6.18 Å². The summed E-state index contributed by atoms with van der Waals surface area (Å²) in [7, 11) is 0. The standard InChI is InChI=1S/C22H21F3N4O/c1-13-3-8-17(9-4-13)29-12-18(20(28-29)15-5-6-15)21(30)27-14(2)16-7-10-19(26-11-16)22(23,24)25/h3-4,7-12,14-15H,5-6H2,1-2H3,(H,27,30)/t14-/m1/s1. The number of benzene rings is 1. The fourth-order valence-corrected chi connectivity index (χ4v) is 3.24. The number of carbonyl (C=O) groups excluding carboxylic acids is 1. The molecule has 1 N–H and O–H groups in total. The highest BCUT2D eigenvalue weighted by atomic mass is 19.4. The molecule has 1 saturated carbocycles. The number of halogens is 3. The average Bonchev–Trinajstić information content (AvgIpc) is 3.46. The molecule has 0 radical (unpaired) electrons. The summed E-state index contributed by atoms with van der Waals surface area (Å²) < 4.78 is 39.8. The maximum atomic E-state index is 12.9. The van der Waals surface area contributed by atoms with Crippen LogP contribution in [0.1, 0.15) is 64.6 Å². The molecule has 0 unspecified atom stereocenters. The van der Waals surface area contributed by atoms with Crippen molar-refractivity contribution in [3.8, 4) is 5.69 Å². The van der Waals surface area contributed by atoms with Crippen molar-refractivity contribution in [1.29, 1.82) is 0 Å². The Morgan fingerprint density at radius 2 is 1.87 bits per heavy atom. The minimum absolute atomic E-state index is 0.264. The van der Waals surface area contributed by atoms with E-state index in [1.165, 1.54) is 6.07 Å². The number of aromatic nitrogens is 3. The molecule has 1 aliphatic carbocycles. The first-order chi connectivity index (χ1) is 14.2. The lowest BCUT2D eigenvalue weighted by Crippen LogP contribution is -2.27. The largest absolute Gasteiger partial charge is 0.433 e. The lowest BCUT2D eigenvalue weighted by molar-refractivity contribution is -0.141. The van der Waals surface area contributed by atoms with Crippen molar-refractivity contribution in [1.82, 2.24) is 20.1 Å². The molecule has 0 saturated heterocycles. The van der Waals surface area contributed by atoms with Crippen LogP contribution in [0.5, 0.6) is 0 Å². The number of pyridine rings is 1. The third-order valence-corrected chi connectivity index (χ3v) is 5.17. The molecule has 1 amide bonds. The zero-order valence-electron chi connectivity index (χ0n) is 16.6. The third kappa shape index (κ3) is 4.22. The molecule has 3 aromatic rings. The van der Waals surface area contributed by atoms with E-state index in [1.807, 2.05) is 31.2 Å². The molecule has 1 fully saturated rings. The molecular formula is C22H21F3N4O. The van der Waals surface area contributed by atoms with E-state index >= 15 is 0 Å². The van der Waals surface area contributed by atoms with Gasteiger partial charge in [-0.05, 0) is 50.5 Å². The van der Waals surface area contributed by atoms with E-state index in [0.717, 1.165) is 42.0 Å². The number of hydrogen-bond donors (Lipinski definition) is 1. The van der Waals surface area contributed by atoms with Crippen LogP contribution in [0.25, 0.3) is 5.69 Å². The summed E-state index contributed by atoms with van der Waals surface area (Å²) in [5.74, 6) is -0.0388. The Morgan fingerprint density at radius 3 is 2.43 bits per heavy atom. The number of nitrogens with one attached hydrogen (secondary N) is 1. The van der Waals surface area contributed by atoms with Crippen molar-refractivity contribution >= 4 is 5.91 Å². The first-order valence-electron chi connectivity index (χ1n) is 9.73. The maximum Gasteiger partial charge on any atom is 0.433 e. The lowest BCUT2D eigenvalue weighted by atomic mass is 10.1. The van der Waals surface area contributed by atoms with Crippen LogP contribution in [-0.4, -0.2) is 20.7 Å². The summed E-state index contributed by atoms with van der Waals surface area (Å²) in [5.41, 5.74) is 2.78. The molecule has 4 rings (SSSR count). The minimum atomic E-state index is -4.49. The van der Waals surface area contributed by atoms with Crippen molar-refractivity contribution in [2.24, 2.45) is 0 Å². The van der Waals surface area contributed by atoms with Gasteiger partial charge in [-0.1, -0.05) is 23.8 Å². The molecule has 1 aromatic carbocycles. The fourth-order valence-electron chi connectivity index (χ4n) is 3.24. The summed E-state index contributed by atoms with van der Waals surface area (Å²) in [6.07, 6.45) is 0.346. The summed E-state index contributed by atoms with van der Waals surface area (Å²) in [6.45, 7) is 3.71. The molecule has 1 aliphatic rings. The van der Waals surface area contributed by atoms with Crippen LogP contribution in [0.4, 0.5) is 13.2 Å². The minimum Gasteiger partial charge on any atom is -0.345 e. The summed E-state index contributed by atoms with van der Waals surface area (Å²) in [4.78, 5) is 16.4. The molecule has 1 atom stereocenters. The lowest BCUT2D eigenvalue weighted by Gasteiger charge is -2.15. The Balaban J connectivity index is 1.54. The van der Waals surface area contributed by atoms with Gasteiger partial charge >= 0.3 is 6.18 Å². The SMILES string of the molecule is Cc1ccc(-n2cc(C(=O)N[C@H](C)c3ccc(C(F)(F)F)nc3)c(C3CC3)n2)cc1. The Morgan fingerprint density at radius 1 is 1.17 bits per heavy atom.